The molecule has 1 saturated carbocycles. The van der Waals surface area contributed by atoms with Gasteiger partial charge in [-0.3, -0.25) is 4.90 Å². The lowest BCUT2D eigenvalue weighted by atomic mass is 9.96. The van der Waals surface area contributed by atoms with Gasteiger partial charge in [0, 0.05) is 24.5 Å². The van der Waals surface area contributed by atoms with Gasteiger partial charge in [-0.2, -0.15) is 4.98 Å². The number of aromatic nitrogens is 2. The minimum Gasteiger partial charge on any atom is -0.339 e. The topological polar surface area (TPSA) is 68.2 Å². The number of likely N-dealkylation sites (tertiary alicyclic amines) is 1. The molecule has 2 unspecified atom stereocenters. The summed E-state index contributed by atoms with van der Waals surface area (Å²) in [6, 6.07) is 1.03. The molecule has 0 bridgehead atoms. The molecule has 3 rings (SSSR count). The number of nitrogens with zero attached hydrogens (tertiary/aromatic N) is 3. The summed E-state index contributed by atoms with van der Waals surface area (Å²) < 4.78 is 5.32. The molecule has 5 nitrogen and oxygen atoms in total. The van der Waals surface area contributed by atoms with Crippen molar-refractivity contribution in [2.24, 2.45) is 5.73 Å². The molecule has 2 heterocycles. The van der Waals surface area contributed by atoms with Gasteiger partial charge in [0.25, 0.3) is 0 Å². The summed E-state index contributed by atoms with van der Waals surface area (Å²) in [7, 11) is 0. The SMILES string of the molecule is CC1CCCC(CN)N1Cc1noc(C2CC2)n1. The van der Waals surface area contributed by atoms with E-state index < -0.39 is 0 Å². The Bertz CT molecular complexity index is 401. The summed E-state index contributed by atoms with van der Waals surface area (Å²) >= 11 is 0. The fourth-order valence-corrected chi connectivity index (χ4v) is 2.87. The lowest BCUT2D eigenvalue weighted by Gasteiger charge is -2.39. The third-order valence-corrected chi connectivity index (χ3v) is 4.20. The molecule has 2 aliphatic rings. The lowest BCUT2D eigenvalue weighted by Crippen LogP contribution is -2.48. The van der Waals surface area contributed by atoms with Crippen LogP contribution >= 0.6 is 0 Å². The molecule has 1 saturated heterocycles. The molecule has 0 radical (unpaired) electrons. The fourth-order valence-electron chi connectivity index (χ4n) is 2.87. The molecule has 0 amide bonds. The molecule has 2 N–H and O–H groups in total. The summed E-state index contributed by atoms with van der Waals surface area (Å²) in [5, 5.41) is 4.11. The van der Waals surface area contributed by atoms with Gasteiger partial charge < -0.3 is 10.3 Å². The first-order valence-electron chi connectivity index (χ1n) is 7.06. The Morgan fingerprint density at radius 3 is 2.89 bits per heavy atom. The van der Waals surface area contributed by atoms with Gasteiger partial charge in [0.1, 0.15) is 0 Å². The van der Waals surface area contributed by atoms with Crippen molar-refractivity contribution >= 4 is 0 Å². The van der Waals surface area contributed by atoms with Gasteiger partial charge in [-0.15, -0.1) is 0 Å². The van der Waals surface area contributed by atoms with Crippen molar-refractivity contribution in [3.63, 3.8) is 0 Å². The Labute approximate surface area is 108 Å². The molecule has 2 atom stereocenters. The first-order valence-corrected chi connectivity index (χ1v) is 7.06. The van der Waals surface area contributed by atoms with Crippen LogP contribution in [0.2, 0.25) is 0 Å². The Morgan fingerprint density at radius 1 is 1.33 bits per heavy atom. The maximum absolute atomic E-state index is 5.87. The van der Waals surface area contributed by atoms with Gasteiger partial charge in [-0.1, -0.05) is 11.6 Å². The fraction of sp³-hybridized carbons (Fsp3) is 0.846. The predicted molar refractivity (Wildman–Crippen MR) is 68.0 cm³/mol. The molecule has 1 aliphatic carbocycles. The highest BCUT2D eigenvalue weighted by molar-refractivity contribution is 5.02. The summed E-state index contributed by atoms with van der Waals surface area (Å²) in [5.74, 6) is 2.19. The number of hydrogen-bond acceptors (Lipinski definition) is 5. The smallest absolute Gasteiger partial charge is 0.229 e. The van der Waals surface area contributed by atoms with Crippen LogP contribution in [0, 0.1) is 0 Å². The van der Waals surface area contributed by atoms with Crippen molar-refractivity contribution in [1.82, 2.24) is 15.0 Å². The van der Waals surface area contributed by atoms with Gasteiger partial charge in [0.2, 0.25) is 5.89 Å². The van der Waals surface area contributed by atoms with Gasteiger partial charge in [-0.05, 0) is 32.6 Å². The van der Waals surface area contributed by atoms with Crippen LogP contribution in [0.1, 0.15) is 56.7 Å². The molecule has 0 spiro atoms. The Hall–Kier alpha value is -0.940. The molecule has 1 aromatic rings. The Balaban J connectivity index is 1.68. The lowest BCUT2D eigenvalue weighted by molar-refractivity contribution is 0.0854. The van der Waals surface area contributed by atoms with Gasteiger partial charge in [-0.25, -0.2) is 0 Å². The number of hydrogen-bond donors (Lipinski definition) is 1. The third kappa shape index (κ3) is 2.42. The van der Waals surface area contributed by atoms with Crippen LogP contribution in [-0.2, 0) is 6.54 Å². The second-order valence-corrected chi connectivity index (χ2v) is 5.66. The van der Waals surface area contributed by atoms with Crippen LogP contribution in [0.5, 0.6) is 0 Å². The number of rotatable bonds is 4. The average Bonchev–Trinajstić information content (AvgIpc) is 3.12. The highest BCUT2D eigenvalue weighted by Gasteiger charge is 2.31. The Kier molecular flexibility index (Phi) is 3.35. The summed E-state index contributed by atoms with van der Waals surface area (Å²) in [6.45, 7) is 3.76. The van der Waals surface area contributed by atoms with E-state index in [-0.39, 0.29) is 0 Å². The average molecular weight is 250 g/mol. The molecule has 100 valence electrons. The van der Waals surface area contributed by atoms with E-state index in [9.17, 15) is 0 Å². The van der Waals surface area contributed by atoms with Gasteiger partial charge >= 0.3 is 0 Å². The van der Waals surface area contributed by atoms with Crippen molar-refractivity contribution in [2.45, 2.75) is 63.6 Å². The molecule has 1 aliphatic heterocycles. The zero-order valence-corrected chi connectivity index (χ0v) is 11.0. The molecular formula is C13H22N4O. The maximum Gasteiger partial charge on any atom is 0.229 e. The molecular weight excluding hydrogens is 228 g/mol. The van der Waals surface area contributed by atoms with E-state index in [2.05, 4.69) is 22.0 Å². The van der Waals surface area contributed by atoms with Crippen molar-refractivity contribution in [3.8, 4) is 0 Å². The van der Waals surface area contributed by atoms with E-state index in [1.165, 1.54) is 32.1 Å². The first-order chi connectivity index (χ1) is 8.78. The first kappa shape index (κ1) is 12.1. The van der Waals surface area contributed by atoms with E-state index in [1.54, 1.807) is 0 Å². The van der Waals surface area contributed by atoms with Crippen molar-refractivity contribution < 1.29 is 4.52 Å². The summed E-state index contributed by atoms with van der Waals surface area (Å²) in [5.41, 5.74) is 5.87. The molecule has 1 aromatic heterocycles. The minimum atomic E-state index is 0.469. The van der Waals surface area contributed by atoms with E-state index >= 15 is 0 Å². The van der Waals surface area contributed by atoms with E-state index in [0.29, 0.717) is 18.0 Å². The summed E-state index contributed by atoms with van der Waals surface area (Å²) in [6.07, 6.45) is 6.11. The van der Waals surface area contributed by atoms with Crippen molar-refractivity contribution in [2.75, 3.05) is 6.54 Å². The second-order valence-electron chi connectivity index (χ2n) is 5.66. The molecule has 2 fully saturated rings. The van der Waals surface area contributed by atoms with Crippen LogP contribution in [0.3, 0.4) is 0 Å². The monoisotopic (exact) mass is 250 g/mol. The van der Waals surface area contributed by atoms with E-state index in [0.717, 1.165) is 24.8 Å². The predicted octanol–water partition coefficient (Wildman–Crippen LogP) is 1.65. The number of nitrogens with two attached hydrogens (primary N) is 1. The standard InChI is InChI=1S/C13H22N4O/c1-9-3-2-4-11(7-14)17(9)8-12-15-13(18-16-12)10-5-6-10/h9-11H,2-8,14H2,1H3. The normalized spacial score (nSPS) is 29.7. The molecule has 0 aromatic carbocycles. The second kappa shape index (κ2) is 4.97. The zero-order valence-electron chi connectivity index (χ0n) is 11.0. The minimum absolute atomic E-state index is 0.469. The molecule has 5 heteroatoms. The van der Waals surface area contributed by atoms with Gasteiger partial charge in [0.05, 0.1) is 6.54 Å². The van der Waals surface area contributed by atoms with Crippen LogP contribution < -0.4 is 5.73 Å². The van der Waals surface area contributed by atoms with Crippen LogP contribution in [-0.4, -0.2) is 33.7 Å². The van der Waals surface area contributed by atoms with Crippen molar-refractivity contribution in [3.05, 3.63) is 11.7 Å². The van der Waals surface area contributed by atoms with E-state index in [4.69, 9.17) is 10.3 Å². The van der Waals surface area contributed by atoms with E-state index in [1.807, 2.05) is 0 Å². The van der Waals surface area contributed by atoms with Crippen molar-refractivity contribution in [1.29, 1.82) is 0 Å². The zero-order chi connectivity index (χ0) is 12.5. The Morgan fingerprint density at radius 2 is 2.17 bits per heavy atom. The summed E-state index contributed by atoms with van der Waals surface area (Å²) in [4.78, 5) is 6.94. The van der Waals surface area contributed by atoms with Gasteiger partial charge in [0.15, 0.2) is 5.82 Å². The largest absolute Gasteiger partial charge is 0.339 e. The molecule has 18 heavy (non-hydrogen) atoms. The highest BCUT2D eigenvalue weighted by Crippen LogP contribution is 2.39. The highest BCUT2D eigenvalue weighted by atomic mass is 16.5. The quantitative estimate of drug-likeness (QED) is 0.880. The van der Waals surface area contributed by atoms with Crippen LogP contribution in [0.4, 0.5) is 0 Å². The van der Waals surface area contributed by atoms with Crippen LogP contribution in [0.25, 0.3) is 0 Å². The van der Waals surface area contributed by atoms with Crippen LogP contribution in [0.15, 0.2) is 4.52 Å². The maximum atomic E-state index is 5.87. The third-order valence-electron chi connectivity index (χ3n) is 4.20. The number of piperidine rings is 1.